The van der Waals surface area contributed by atoms with Crippen molar-refractivity contribution in [2.24, 2.45) is 7.05 Å². The van der Waals surface area contributed by atoms with Crippen LogP contribution in [0.1, 0.15) is 26.5 Å². The third-order valence-corrected chi connectivity index (χ3v) is 4.50. The molecule has 27 heavy (non-hydrogen) atoms. The normalized spacial score (nSPS) is 10.4. The van der Waals surface area contributed by atoms with Crippen LogP contribution in [0.25, 0.3) is 0 Å². The van der Waals surface area contributed by atoms with Gasteiger partial charge in [0, 0.05) is 42.3 Å². The van der Waals surface area contributed by atoms with E-state index in [-0.39, 0.29) is 17.0 Å². The third-order valence-electron chi connectivity index (χ3n) is 3.83. The topological polar surface area (TPSA) is 107 Å². The van der Waals surface area contributed by atoms with E-state index in [1.807, 2.05) is 0 Å². The molecule has 1 heterocycles. The van der Waals surface area contributed by atoms with Crippen molar-refractivity contribution >= 4 is 39.0 Å². The van der Waals surface area contributed by atoms with Gasteiger partial charge in [0.15, 0.2) is 5.82 Å². The maximum atomic E-state index is 12.4. The van der Waals surface area contributed by atoms with E-state index < -0.39 is 10.8 Å². The van der Waals surface area contributed by atoms with Crippen LogP contribution in [0, 0.1) is 10.1 Å². The number of carbonyl (C=O) groups is 2. The minimum absolute atomic E-state index is 0.151. The lowest BCUT2D eigenvalue weighted by Crippen LogP contribution is -2.13. The lowest BCUT2D eigenvalue weighted by molar-refractivity contribution is -0.385. The number of carbonyl (C=O) groups excluding carboxylic acids is 2. The number of halogens is 1. The molecular weight excluding hydrogens is 416 g/mol. The first-order valence-corrected chi connectivity index (χ1v) is 8.53. The van der Waals surface area contributed by atoms with E-state index in [0.29, 0.717) is 21.5 Å². The van der Waals surface area contributed by atoms with E-state index >= 15 is 0 Å². The van der Waals surface area contributed by atoms with Gasteiger partial charge in [-0.25, -0.2) is 4.98 Å². The lowest BCUT2D eigenvalue weighted by atomic mass is 10.1. The fourth-order valence-corrected chi connectivity index (χ4v) is 2.81. The van der Waals surface area contributed by atoms with Gasteiger partial charge in [-0.05, 0) is 52.3 Å². The van der Waals surface area contributed by atoms with Gasteiger partial charge in [-0.2, -0.15) is 0 Å². The smallest absolute Gasteiger partial charge is 0.284 e. The van der Waals surface area contributed by atoms with Crippen molar-refractivity contribution in [2.75, 3.05) is 5.32 Å². The van der Waals surface area contributed by atoms with Gasteiger partial charge in [0.1, 0.15) is 0 Å². The number of nitrogens with one attached hydrogen (secondary N) is 1. The van der Waals surface area contributed by atoms with Crippen LogP contribution in [0.2, 0.25) is 0 Å². The second kappa shape index (κ2) is 7.50. The Kier molecular flexibility index (Phi) is 5.13. The number of nitro groups is 1. The average molecular weight is 429 g/mol. The molecule has 0 saturated heterocycles. The van der Waals surface area contributed by atoms with Crippen LogP contribution in [-0.2, 0) is 7.05 Å². The molecule has 0 aliphatic rings. The average Bonchev–Trinajstić information content (AvgIpc) is 3.07. The van der Waals surface area contributed by atoms with Gasteiger partial charge in [-0.3, -0.25) is 19.7 Å². The van der Waals surface area contributed by atoms with Crippen LogP contribution in [0.4, 0.5) is 11.4 Å². The minimum Gasteiger partial charge on any atom is -0.331 e. The van der Waals surface area contributed by atoms with Crippen LogP contribution in [-0.4, -0.2) is 26.2 Å². The van der Waals surface area contributed by atoms with E-state index in [9.17, 15) is 19.7 Å². The number of hydrogen-bond donors (Lipinski definition) is 1. The highest BCUT2D eigenvalue weighted by molar-refractivity contribution is 9.10. The Bertz CT molecular complexity index is 1040. The zero-order valence-corrected chi connectivity index (χ0v) is 15.6. The monoisotopic (exact) mass is 428 g/mol. The standard InChI is InChI=1S/C18H13BrN4O4/c1-22-9-8-20-17(22)16(24)11-2-5-13(6-3-11)21-18(25)12-4-7-14(19)15(10-12)23(26)27/h2-10H,1H3,(H,21,25). The maximum Gasteiger partial charge on any atom is 0.284 e. The highest BCUT2D eigenvalue weighted by atomic mass is 79.9. The molecule has 9 heteroatoms. The number of aromatic nitrogens is 2. The zero-order valence-electron chi connectivity index (χ0n) is 14.0. The van der Waals surface area contributed by atoms with Gasteiger partial charge in [-0.1, -0.05) is 0 Å². The number of aryl methyl sites for hydroxylation is 1. The summed E-state index contributed by atoms with van der Waals surface area (Å²) < 4.78 is 1.92. The van der Waals surface area contributed by atoms with E-state index in [1.165, 1.54) is 18.2 Å². The van der Waals surface area contributed by atoms with E-state index in [0.717, 1.165) is 0 Å². The SMILES string of the molecule is Cn1ccnc1C(=O)c1ccc(NC(=O)c2ccc(Br)c([N+](=O)[O-])c2)cc1. The molecule has 136 valence electrons. The van der Waals surface area contributed by atoms with E-state index in [1.54, 1.807) is 48.3 Å². The van der Waals surface area contributed by atoms with Crippen molar-refractivity contribution in [3.63, 3.8) is 0 Å². The molecule has 2 aromatic carbocycles. The molecule has 0 fully saturated rings. The molecule has 0 radical (unpaired) electrons. The minimum atomic E-state index is -0.571. The molecule has 1 N–H and O–H groups in total. The Morgan fingerprint density at radius 2 is 1.81 bits per heavy atom. The highest BCUT2D eigenvalue weighted by Crippen LogP contribution is 2.26. The Balaban J connectivity index is 1.76. The quantitative estimate of drug-likeness (QED) is 0.379. The van der Waals surface area contributed by atoms with Crippen molar-refractivity contribution in [3.05, 3.63) is 86.4 Å². The number of anilines is 1. The molecule has 0 bridgehead atoms. The predicted molar refractivity (Wildman–Crippen MR) is 102 cm³/mol. The molecule has 1 aromatic heterocycles. The molecule has 3 aromatic rings. The molecule has 8 nitrogen and oxygen atoms in total. The van der Waals surface area contributed by atoms with Gasteiger partial charge < -0.3 is 9.88 Å². The molecule has 3 rings (SSSR count). The van der Waals surface area contributed by atoms with Gasteiger partial charge in [-0.15, -0.1) is 0 Å². The summed E-state index contributed by atoms with van der Waals surface area (Å²) >= 11 is 3.08. The second-order valence-electron chi connectivity index (χ2n) is 5.65. The van der Waals surface area contributed by atoms with Gasteiger partial charge in [0.25, 0.3) is 11.6 Å². The summed E-state index contributed by atoms with van der Waals surface area (Å²) in [5.41, 5.74) is 0.847. The largest absolute Gasteiger partial charge is 0.331 e. The fraction of sp³-hybridized carbons (Fsp3) is 0.0556. The van der Waals surface area contributed by atoms with Crippen molar-refractivity contribution in [1.82, 2.24) is 9.55 Å². The Morgan fingerprint density at radius 3 is 2.41 bits per heavy atom. The number of hydrogen-bond acceptors (Lipinski definition) is 5. The summed E-state index contributed by atoms with van der Waals surface area (Å²) in [6.45, 7) is 0. The molecule has 1 amide bonds. The number of amides is 1. The summed E-state index contributed by atoms with van der Waals surface area (Å²) in [6, 6.07) is 10.4. The van der Waals surface area contributed by atoms with Gasteiger partial charge in [0.2, 0.25) is 5.78 Å². The van der Waals surface area contributed by atoms with Crippen LogP contribution < -0.4 is 5.32 Å². The number of rotatable bonds is 5. The van der Waals surface area contributed by atoms with Crippen LogP contribution in [0.15, 0.2) is 59.3 Å². The number of ketones is 1. The number of nitrogens with zero attached hydrogens (tertiary/aromatic N) is 3. The first-order valence-electron chi connectivity index (χ1n) is 7.74. The molecule has 0 saturated carbocycles. The summed E-state index contributed by atoms with van der Waals surface area (Å²) in [6.07, 6.45) is 3.22. The van der Waals surface area contributed by atoms with Crippen LogP contribution in [0.5, 0.6) is 0 Å². The highest BCUT2D eigenvalue weighted by Gasteiger charge is 2.17. The zero-order chi connectivity index (χ0) is 19.6. The summed E-state index contributed by atoms with van der Waals surface area (Å²) in [4.78, 5) is 39.1. The van der Waals surface area contributed by atoms with Crippen molar-refractivity contribution in [1.29, 1.82) is 0 Å². The Morgan fingerprint density at radius 1 is 1.15 bits per heavy atom. The molecule has 0 spiro atoms. The Hall–Kier alpha value is -3.33. The van der Waals surface area contributed by atoms with Crippen molar-refractivity contribution in [2.45, 2.75) is 0 Å². The summed E-state index contributed by atoms with van der Waals surface area (Å²) in [5, 5.41) is 13.6. The molecule has 0 atom stereocenters. The summed E-state index contributed by atoms with van der Waals surface area (Å²) in [5.74, 6) is -0.411. The number of nitro benzene ring substituents is 1. The van der Waals surface area contributed by atoms with Crippen LogP contribution in [0.3, 0.4) is 0 Å². The lowest BCUT2D eigenvalue weighted by Gasteiger charge is -2.07. The molecule has 0 aliphatic heterocycles. The second-order valence-corrected chi connectivity index (χ2v) is 6.50. The van der Waals surface area contributed by atoms with Gasteiger partial charge in [0.05, 0.1) is 9.40 Å². The first-order chi connectivity index (χ1) is 12.9. The van der Waals surface area contributed by atoms with Crippen LogP contribution >= 0.6 is 15.9 Å². The fourth-order valence-electron chi connectivity index (χ4n) is 2.42. The molecule has 0 aliphatic carbocycles. The van der Waals surface area contributed by atoms with E-state index in [4.69, 9.17) is 0 Å². The van der Waals surface area contributed by atoms with Gasteiger partial charge >= 0.3 is 0 Å². The summed E-state index contributed by atoms with van der Waals surface area (Å²) in [7, 11) is 1.73. The number of imidazole rings is 1. The molecule has 0 unspecified atom stereocenters. The van der Waals surface area contributed by atoms with E-state index in [2.05, 4.69) is 26.2 Å². The van der Waals surface area contributed by atoms with Crippen molar-refractivity contribution < 1.29 is 14.5 Å². The molecular formula is C18H13BrN4O4. The Labute approximate surface area is 162 Å². The number of benzene rings is 2. The first kappa shape index (κ1) is 18.5. The maximum absolute atomic E-state index is 12.4. The predicted octanol–water partition coefficient (Wildman–Crippen LogP) is 3.57. The van der Waals surface area contributed by atoms with Crippen molar-refractivity contribution in [3.8, 4) is 0 Å². The third kappa shape index (κ3) is 3.93.